The lowest BCUT2D eigenvalue weighted by Crippen LogP contribution is -2.39. The van der Waals surface area contributed by atoms with E-state index in [2.05, 4.69) is 58.4 Å². The molecule has 160 valence electrons. The summed E-state index contributed by atoms with van der Waals surface area (Å²) in [6.45, 7) is 8.99. The molecule has 0 aromatic heterocycles. The van der Waals surface area contributed by atoms with Crippen LogP contribution in [0, 0.1) is 5.92 Å². The molecule has 1 fully saturated rings. The Labute approximate surface area is 184 Å². The molecule has 0 bridgehead atoms. The summed E-state index contributed by atoms with van der Waals surface area (Å²) >= 11 is 5.95. The second-order valence-corrected chi connectivity index (χ2v) is 8.11. The number of rotatable bonds is 8. The maximum atomic E-state index is 12.4. The van der Waals surface area contributed by atoms with E-state index >= 15 is 0 Å². The van der Waals surface area contributed by atoms with Crippen LogP contribution in [0.4, 0.5) is 5.69 Å². The first-order valence-electron chi connectivity index (χ1n) is 10.7. The van der Waals surface area contributed by atoms with Gasteiger partial charge in [0.25, 0.3) is 0 Å². The fourth-order valence-electron chi connectivity index (χ4n) is 3.82. The summed E-state index contributed by atoms with van der Waals surface area (Å²) in [5.41, 5.74) is 6.14. The van der Waals surface area contributed by atoms with Crippen LogP contribution in [0.1, 0.15) is 37.8 Å². The van der Waals surface area contributed by atoms with E-state index in [0.717, 1.165) is 56.2 Å². The Bertz CT molecular complexity index is 823. The largest absolute Gasteiger partial charge is 0.372 e. The van der Waals surface area contributed by atoms with Gasteiger partial charge in [0.1, 0.15) is 0 Å². The van der Waals surface area contributed by atoms with Gasteiger partial charge in [-0.05, 0) is 75.2 Å². The fourth-order valence-corrected chi connectivity index (χ4v) is 3.95. The predicted octanol–water partition coefficient (Wildman–Crippen LogP) is 4.55. The monoisotopic (exact) mass is 426 g/mol. The first-order chi connectivity index (χ1) is 14.6. The highest BCUT2D eigenvalue weighted by Crippen LogP contribution is 2.20. The van der Waals surface area contributed by atoms with Crippen molar-refractivity contribution in [2.45, 2.75) is 33.2 Å². The smallest absolute Gasteiger partial charge is 0.243 e. The van der Waals surface area contributed by atoms with E-state index in [1.54, 1.807) is 6.21 Å². The van der Waals surface area contributed by atoms with Gasteiger partial charge in [-0.15, -0.1) is 0 Å². The molecule has 0 saturated carbocycles. The molecule has 1 N–H and O–H groups in total. The zero-order valence-electron chi connectivity index (χ0n) is 17.9. The number of hydrazone groups is 1. The highest BCUT2D eigenvalue weighted by atomic mass is 35.5. The first kappa shape index (κ1) is 22.3. The van der Waals surface area contributed by atoms with Gasteiger partial charge in [-0.1, -0.05) is 35.9 Å². The predicted molar refractivity (Wildman–Crippen MR) is 125 cm³/mol. The van der Waals surface area contributed by atoms with Crippen LogP contribution in [0.3, 0.4) is 0 Å². The van der Waals surface area contributed by atoms with Crippen LogP contribution < -0.4 is 10.3 Å². The average Bonchev–Trinajstić information content (AvgIpc) is 2.78. The SMILES string of the molecule is CCN(CC)c1ccc(C=NNC(=O)C2CCN(Cc3ccc(Cl)cc3)CC2)cc1. The topological polar surface area (TPSA) is 47.9 Å². The van der Waals surface area contributed by atoms with Crippen molar-refractivity contribution in [2.75, 3.05) is 31.1 Å². The van der Waals surface area contributed by atoms with E-state index < -0.39 is 0 Å². The molecule has 30 heavy (non-hydrogen) atoms. The van der Waals surface area contributed by atoms with Crippen molar-refractivity contribution in [3.05, 3.63) is 64.7 Å². The van der Waals surface area contributed by atoms with Crippen LogP contribution in [0.5, 0.6) is 0 Å². The normalized spacial score (nSPS) is 15.4. The Hall–Kier alpha value is -2.37. The average molecular weight is 427 g/mol. The third kappa shape index (κ3) is 6.31. The number of piperidine rings is 1. The van der Waals surface area contributed by atoms with E-state index in [0.29, 0.717) is 0 Å². The van der Waals surface area contributed by atoms with Crippen LogP contribution in [-0.2, 0) is 11.3 Å². The van der Waals surface area contributed by atoms with Crippen LogP contribution in [0.2, 0.25) is 5.02 Å². The number of benzene rings is 2. The molecule has 0 radical (unpaired) electrons. The van der Waals surface area contributed by atoms with Crippen molar-refractivity contribution in [2.24, 2.45) is 11.0 Å². The van der Waals surface area contributed by atoms with Gasteiger partial charge in [0.15, 0.2) is 0 Å². The minimum atomic E-state index is 0.0113. The molecule has 2 aromatic carbocycles. The van der Waals surface area contributed by atoms with E-state index in [1.165, 1.54) is 11.3 Å². The highest BCUT2D eigenvalue weighted by molar-refractivity contribution is 6.30. The number of hydrogen-bond donors (Lipinski definition) is 1. The van der Waals surface area contributed by atoms with Crippen LogP contribution in [0.25, 0.3) is 0 Å². The van der Waals surface area contributed by atoms with Crippen molar-refractivity contribution in [1.29, 1.82) is 0 Å². The number of nitrogens with one attached hydrogen (secondary N) is 1. The van der Waals surface area contributed by atoms with Crippen molar-refractivity contribution in [3.63, 3.8) is 0 Å². The maximum Gasteiger partial charge on any atom is 0.243 e. The Morgan fingerprint density at radius 1 is 1.10 bits per heavy atom. The van der Waals surface area contributed by atoms with Crippen molar-refractivity contribution >= 4 is 29.4 Å². The van der Waals surface area contributed by atoms with Gasteiger partial charge in [0, 0.05) is 36.3 Å². The maximum absolute atomic E-state index is 12.4. The van der Waals surface area contributed by atoms with Gasteiger partial charge in [0.05, 0.1) is 6.21 Å². The fraction of sp³-hybridized carbons (Fsp3) is 0.417. The van der Waals surface area contributed by atoms with Gasteiger partial charge in [0.2, 0.25) is 5.91 Å². The lowest BCUT2D eigenvalue weighted by atomic mass is 9.96. The van der Waals surface area contributed by atoms with Crippen LogP contribution in [0.15, 0.2) is 53.6 Å². The molecule has 1 aliphatic rings. The second kappa shape index (κ2) is 11.1. The molecule has 1 heterocycles. The van der Waals surface area contributed by atoms with Gasteiger partial charge < -0.3 is 4.90 Å². The highest BCUT2D eigenvalue weighted by Gasteiger charge is 2.24. The van der Waals surface area contributed by atoms with Gasteiger partial charge in [-0.25, -0.2) is 5.43 Å². The van der Waals surface area contributed by atoms with Gasteiger partial charge >= 0.3 is 0 Å². The summed E-state index contributed by atoms with van der Waals surface area (Å²) in [6.07, 6.45) is 3.42. The van der Waals surface area contributed by atoms with E-state index in [9.17, 15) is 4.79 Å². The summed E-state index contributed by atoms with van der Waals surface area (Å²) in [4.78, 5) is 17.1. The molecular formula is C24H31ClN4O. The van der Waals surface area contributed by atoms with E-state index in [-0.39, 0.29) is 11.8 Å². The number of hydrogen-bond acceptors (Lipinski definition) is 4. The first-order valence-corrected chi connectivity index (χ1v) is 11.1. The zero-order valence-corrected chi connectivity index (χ0v) is 18.6. The molecule has 1 aliphatic heterocycles. The van der Waals surface area contributed by atoms with Crippen LogP contribution in [-0.4, -0.2) is 43.2 Å². The molecule has 1 amide bonds. The minimum absolute atomic E-state index is 0.0113. The lowest BCUT2D eigenvalue weighted by molar-refractivity contribution is -0.126. The molecule has 5 nitrogen and oxygen atoms in total. The number of likely N-dealkylation sites (tertiary alicyclic amines) is 1. The van der Waals surface area contributed by atoms with Crippen LogP contribution >= 0.6 is 11.6 Å². The Kier molecular flexibility index (Phi) is 8.29. The summed E-state index contributed by atoms with van der Waals surface area (Å²) in [7, 11) is 0. The molecule has 3 rings (SSSR count). The molecule has 0 atom stereocenters. The molecule has 0 unspecified atom stereocenters. The van der Waals surface area contributed by atoms with E-state index in [1.807, 2.05) is 24.3 Å². The summed E-state index contributed by atoms with van der Waals surface area (Å²) in [5.74, 6) is 0.0332. The number of carbonyl (C=O) groups excluding carboxylic acids is 1. The molecule has 6 heteroatoms. The number of amides is 1. The summed E-state index contributed by atoms with van der Waals surface area (Å²) in [5, 5.41) is 4.92. The van der Waals surface area contributed by atoms with Gasteiger partial charge in [-0.3, -0.25) is 9.69 Å². The third-order valence-corrected chi connectivity index (χ3v) is 5.94. The Morgan fingerprint density at radius 2 is 1.73 bits per heavy atom. The Balaban J connectivity index is 1.42. The lowest BCUT2D eigenvalue weighted by Gasteiger charge is -2.30. The van der Waals surface area contributed by atoms with Crippen molar-refractivity contribution < 1.29 is 4.79 Å². The molecule has 1 saturated heterocycles. The summed E-state index contributed by atoms with van der Waals surface area (Å²) < 4.78 is 0. The van der Waals surface area contributed by atoms with Crippen molar-refractivity contribution in [1.82, 2.24) is 10.3 Å². The molecule has 2 aromatic rings. The molecular weight excluding hydrogens is 396 g/mol. The minimum Gasteiger partial charge on any atom is -0.372 e. The standard InChI is InChI=1S/C24H31ClN4O/c1-3-29(4-2)23-11-7-19(8-12-23)17-26-27-24(30)21-13-15-28(16-14-21)18-20-5-9-22(25)10-6-20/h5-12,17,21H,3-4,13-16,18H2,1-2H3,(H,27,30). The second-order valence-electron chi connectivity index (χ2n) is 7.67. The quantitative estimate of drug-likeness (QED) is 0.497. The molecule has 0 aliphatic carbocycles. The molecule has 0 spiro atoms. The zero-order chi connectivity index (χ0) is 21.3. The number of carbonyl (C=O) groups is 1. The number of anilines is 1. The Morgan fingerprint density at radius 3 is 2.33 bits per heavy atom. The van der Waals surface area contributed by atoms with Gasteiger partial charge in [-0.2, -0.15) is 5.10 Å². The number of nitrogens with zero attached hydrogens (tertiary/aromatic N) is 3. The van der Waals surface area contributed by atoms with Crippen molar-refractivity contribution in [3.8, 4) is 0 Å². The number of halogens is 1. The summed E-state index contributed by atoms with van der Waals surface area (Å²) in [6, 6.07) is 16.2. The van der Waals surface area contributed by atoms with E-state index in [4.69, 9.17) is 11.6 Å². The third-order valence-electron chi connectivity index (χ3n) is 5.69.